The summed E-state index contributed by atoms with van der Waals surface area (Å²) in [7, 11) is 0. The van der Waals surface area contributed by atoms with E-state index in [0.29, 0.717) is 38.7 Å². The molecule has 1 aromatic heterocycles. The van der Waals surface area contributed by atoms with E-state index in [4.69, 9.17) is 28.4 Å². The monoisotopic (exact) mass is 725 g/mol. The first-order valence-electron chi connectivity index (χ1n) is 19.4. The van der Waals surface area contributed by atoms with E-state index in [0.717, 1.165) is 68.9 Å². The Hall–Kier alpha value is -2.53. The number of ether oxygens (including phenoxy) is 6. The Balaban J connectivity index is 1.80. The van der Waals surface area contributed by atoms with Gasteiger partial charge in [-0.3, -0.25) is 5.32 Å². The summed E-state index contributed by atoms with van der Waals surface area (Å²) in [5.74, 6) is 0. The van der Waals surface area contributed by atoms with E-state index in [1.807, 2.05) is 26.8 Å². The number of benzene rings is 2. The zero-order valence-electron chi connectivity index (χ0n) is 32.2. The van der Waals surface area contributed by atoms with Crippen LogP contribution in [-0.2, 0) is 34.8 Å². The molecule has 1 fully saturated rings. The fraction of sp³-hybridized carbons (Fsp3) is 0.643. The number of nitrogens with one attached hydrogen (secondary N) is 1. The zero-order valence-corrected chi connectivity index (χ0v) is 33.0. The molecule has 1 N–H and O–H groups in total. The Morgan fingerprint density at radius 2 is 1.41 bits per heavy atom. The molecule has 8 nitrogen and oxygen atoms in total. The molecule has 5 atom stereocenters. The maximum Gasteiger partial charge on any atom is 0.412 e. The average molecular weight is 726 g/mol. The lowest BCUT2D eigenvalue weighted by atomic mass is 9.88. The normalized spacial score (nSPS) is 20.9. The highest BCUT2D eigenvalue weighted by molar-refractivity contribution is 7.19. The van der Waals surface area contributed by atoms with Crippen molar-refractivity contribution < 1.29 is 33.2 Å². The van der Waals surface area contributed by atoms with Gasteiger partial charge in [0.05, 0.1) is 6.61 Å². The fourth-order valence-electron chi connectivity index (χ4n) is 6.22. The predicted octanol–water partition coefficient (Wildman–Crippen LogP) is 10.7. The molecule has 0 spiro atoms. The molecule has 9 heteroatoms. The standard InChI is InChI=1S/C42H63NO7S/c1-8-12-22-45-29-35-38(46-23-13-9-2)40(48-25-15-11-4)39(47-24-14-10-3)37(49-35)33-27-30(20-21-34(33)43-41(44)50-42(5,6)7)26-32-28-31-18-16-17-19-36(31)51-32/h16-21,27-28,35,37-40H,8-15,22-26,29H2,1-7H3,(H,43,44)/t35-,37+,38-,39+,40+/m1/s1. The maximum atomic E-state index is 13.3. The van der Waals surface area contributed by atoms with Gasteiger partial charge in [-0.2, -0.15) is 0 Å². The number of anilines is 1. The largest absolute Gasteiger partial charge is 0.444 e. The Morgan fingerprint density at radius 1 is 0.784 bits per heavy atom. The van der Waals surface area contributed by atoms with Crippen molar-refractivity contribution in [3.63, 3.8) is 0 Å². The molecule has 4 rings (SSSR count). The highest BCUT2D eigenvalue weighted by atomic mass is 32.1. The molecular formula is C42H63NO7S. The van der Waals surface area contributed by atoms with Crippen molar-refractivity contribution in [3.8, 4) is 0 Å². The number of carbonyl (C=O) groups is 1. The van der Waals surface area contributed by atoms with Gasteiger partial charge in [0.15, 0.2) is 0 Å². The van der Waals surface area contributed by atoms with Crippen molar-refractivity contribution in [2.75, 3.05) is 38.4 Å². The maximum absolute atomic E-state index is 13.3. The molecule has 1 aliphatic rings. The van der Waals surface area contributed by atoms with Gasteiger partial charge in [-0.1, -0.05) is 83.7 Å². The quantitative estimate of drug-likeness (QED) is 0.109. The fourth-order valence-corrected chi connectivity index (χ4v) is 7.32. The van der Waals surface area contributed by atoms with Crippen LogP contribution in [0.2, 0.25) is 0 Å². The number of carbonyl (C=O) groups excluding carboxylic acids is 1. The van der Waals surface area contributed by atoms with Crippen LogP contribution in [0.4, 0.5) is 10.5 Å². The van der Waals surface area contributed by atoms with Crippen LogP contribution < -0.4 is 5.32 Å². The number of amides is 1. The van der Waals surface area contributed by atoms with E-state index in [1.54, 1.807) is 11.3 Å². The Labute approximate surface area is 310 Å². The van der Waals surface area contributed by atoms with Crippen LogP contribution in [-0.4, -0.2) is 69.1 Å². The Bertz CT molecular complexity index is 1420. The van der Waals surface area contributed by atoms with Crippen LogP contribution in [0.3, 0.4) is 0 Å². The van der Waals surface area contributed by atoms with Crippen LogP contribution in [0.25, 0.3) is 10.1 Å². The summed E-state index contributed by atoms with van der Waals surface area (Å²) in [5, 5.41) is 4.31. The number of thiophene rings is 1. The minimum absolute atomic E-state index is 0.373. The summed E-state index contributed by atoms with van der Waals surface area (Å²) >= 11 is 1.80. The number of unbranched alkanes of at least 4 members (excludes halogenated alkanes) is 4. The molecule has 0 radical (unpaired) electrons. The summed E-state index contributed by atoms with van der Waals surface area (Å²) in [4.78, 5) is 14.5. The zero-order chi connectivity index (χ0) is 36.6. The molecule has 51 heavy (non-hydrogen) atoms. The number of rotatable bonds is 21. The van der Waals surface area contributed by atoms with Gasteiger partial charge in [-0.15, -0.1) is 11.3 Å². The molecule has 1 amide bonds. The third-order valence-electron chi connectivity index (χ3n) is 8.90. The molecule has 0 saturated carbocycles. The van der Waals surface area contributed by atoms with Crippen LogP contribution in [0.1, 0.15) is 122 Å². The topological polar surface area (TPSA) is 84.5 Å². The van der Waals surface area contributed by atoms with Crippen molar-refractivity contribution in [3.05, 3.63) is 64.5 Å². The molecule has 284 valence electrons. The lowest BCUT2D eigenvalue weighted by molar-refractivity contribution is -0.268. The Kier molecular flexibility index (Phi) is 17.2. The van der Waals surface area contributed by atoms with E-state index in [2.05, 4.69) is 75.5 Å². The van der Waals surface area contributed by atoms with Crippen molar-refractivity contribution >= 4 is 33.2 Å². The second-order valence-corrected chi connectivity index (χ2v) is 15.7. The van der Waals surface area contributed by atoms with Crippen LogP contribution in [0.5, 0.6) is 0 Å². The minimum Gasteiger partial charge on any atom is -0.444 e. The third-order valence-corrected chi connectivity index (χ3v) is 10.0. The van der Waals surface area contributed by atoms with Gasteiger partial charge < -0.3 is 28.4 Å². The van der Waals surface area contributed by atoms with Crippen molar-refractivity contribution in [1.82, 2.24) is 0 Å². The molecule has 0 aliphatic carbocycles. The first-order valence-corrected chi connectivity index (χ1v) is 20.2. The van der Waals surface area contributed by atoms with Gasteiger partial charge >= 0.3 is 6.09 Å². The van der Waals surface area contributed by atoms with Crippen LogP contribution in [0, 0.1) is 0 Å². The predicted molar refractivity (Wildman–Crippen MR) is 208 cm³/mol. The van der Waals surface area contributed by atoms with Gasteiger partial charge in [-0.25, -0.2) is 4.79 Å². The lowest BCUT2D eigenvalue weighted by Crippen LogP contribution is -2.58. The molecule has 2 heterocycles. The smallest absolute Gasteiger partial charge is 0.412 e. The second kappa shape index (κ2) is 21.2. The summed E-state index contributed by atoms with van der Waals surface area (Å²) in [6.07, 6.45) is 5.85. The van der Waals surface area contributed by atoms with Gasteiger partial charge in [0.2, 0.25) is 0 Å². The van der Waals surface area contributed by atoms with Gasteiger partial charge in [-0.05, 0) is 75.6 Å². The molecule has 2 aromatic carbocycles. The van der Waals surface area contributed by atoms with Crippen molar-refractivity contribution in [2.45, 2.75) is 142 Å². The van der Waals surface area contributed by atoms with Gasteiger partial charge in [0.1, 0.15) is 36.1 Å². The second-order valence-electron chi connectivity index (χ2n) is 14.6. The van der Waals surface area contributed by atoms with Crippen molar-refractivity contribution in [1.29, 1.82) is 0 Å². The molecule has 3 aromatic rings. The van der Waals surface area contributed by atoms with E-state index >= 15 is 0 Å². The first-order chi connectivity index (χ1) is 24.7. The highest BCUT2D eigenvalue weighted by Crippen LogP contribution is 2.41. The molecule has 0 unspecified atom stereocenters. The third kappa shape index (κ3) is 12.8. The number of hydrogen-bond acceptors (Lipinski definition) is 8. The molecule has 0 bridgehead atoms. The Morgan fingerprint density at radius 3 is 2.06 bits per heavy atom. The first kappa shape index (κ1) is 41.2. The molecule has 1 aliphatic heterocycles. The SMILES string of the molecule is CCCCOC[C@H]1O[C@@H](c2cc(Cc3cc4ccccc4s3)ccc2NC(=O)OC(C)(C)C)[C@H](OCCCC)[C@@H](OCCCC)[C@@H]1OCCCC. The number of hydrogen-bond donors (Lipinski definition) is 1. The molecule has 1 saturated heterocycles. The minimum atomic E-state index is -0.652. The van der Waals surface area contributed by atoms with Gasteiger partial charge in [0.25, 0.3) is 0 Å². The summed E-state index contributed by atoms with van der Waals surface area (Å²) in [6, 6.07) is 16.9. The summed E-state index contributed by atoms with van der Waals surface area (Å²) in [5.41, 5.74) is 1.92. The van der Waals surface area contributed by atoms with E-state index < -0.39 is 36.1 Å². The molecular weight excluding hydrogens is 663 g/mol. The van der Waals surface area contributed by atoms with Crippen molar-refractivity contribution in [2.24, 2.45) is 0 Å². The number of fused-ring (bicyclic) bond motifs is 1. The lowest BCUT2D eigenvalue weighted by Gasteiger charge is -2.47. The highest BCUT2D eigenvalue weighted by Gasteiger charge is 2.49. The average Bonchev–Trinajstić information content (AvgIpc) is 3.50. The van der Waals surface area contributed by atoms with E-state index in [9.17, 15) is 4.79 Å². The summed E-state index contributed by atoms with van der Waals surface area (Å²) in [6.45, 7) is 17.0. The van der Waals surface area contributed by atoms with Crippen LogP contribution >= 0.6 is 11.3 Å². The van der Waals surface area contributed by atoms with Crippen LogP contribution in [0.15, 0.2) is 48.5 Å². The summed E-state index contributed by atoms with van der Waals surface area (Å²) < 4.78 is 40.5. The van der Waals surface area contributed by atoms with E-state index in [-0.39, 0.29) is 6.10 Å². The van der Waals surface area contributed by atoms with Gasteiger partial charge in [0, 0.05) is 53.7 Å². The van der Waals surface area contributed by atoms with E-state index in [1.165, 1.54) is 15.0 Å².